The summed E-state index contributed by atoms with van der Waals surface area (Å²) in [7, 11) is 1.62. The van der Waals surface area contributed by atoms with Gasteiger partial charge in [-0.15, -0.1) is 0 Å². The monoisotopic (exact) mass is 322 g/mol. The maximum absolute atomic E-state index is 10.2. The van der Waals surface area contributed by atoms with Crippen LogP contribution in [0.3, 0.4) is 0 Å². The number of hydrogen-bond acceptors (Lipinski definition) is 4. The quantitative estimate of drug-likeness (QED) is 0.940. The molecule has 1 aromatic carbocycles. The van der Waals surface area contributed by atoms with E-state index in [0.717, 1.165) is 15.8 Å². The topological polar surface area (TPSA) is 55.2 Å². The van der Waals surface area contributed by atoms with Crippen molar-refractivity contribution >= 4 is 15.9 Å². The normalized spacial score (nSPS) is 12.2. The van der Waals surface area contributed by atoms with Crippen LogP contribution in [0.1, 0.15) is 23.2 Å². The molecule has 1 aromatic heterocycles. The van der Waals surface area contributed by atoms with Crippen molar-refractivity contribution in [2.24, 2.45) is 0 Å². The molecule has 0 radical (unpaired) electrons. The molecular weight excluding hydrogens is 308 g/mol. The number of hydrogen-bond donors (Lipinski definition) is 1. The molecule has 0 spiro atoms. The number of aryl methyl sites for hydroxylation is 1. The lowest BCUT2D eigenvalue weighted by Gasteiger charge is -2.11. The lowest BCUT2D eigenvalue weighted by Crippen LogP contribution is -2.05. The second-order valence-electron chi connectivity index (χ2n) is 4.22. The number of aliphatic hydroxyl groups excluding tert-OH is 1. The number of ether oxygens (including phenoxy) is 1. The van der Waals surface area contributed by atoms with Crippen molar-refractivity contribution in [3.05, 3.63) is 52.0 Å². The van der Waals surface area contributed by atoms with Gasteiger partial charge in [-0.05, 0) is 46.6 Å². The van der Waals surface area contributed by atoms with E-state index in [4.69, 9.17) is 4.74 Å². The number of benzene rings is 1. The molecule has 0 bridgehead atoms. The number of aromatic nitrogens is 2. The van der Waals surface area contributed by atoms with E-state index in [1.165, 1.54) is 0 Å². The van der Waals surface area contributed by atoms with Crippen molar-refractivity contribution in [3.8, 4) is 5.75 Å². The van der Waals surface area contributed by atoms with Crippen molar-refractivity contribution < 1.29 is 9.84 Å². The van der Waals surface area contributed by atoms with Crippen molar-refractivity contribution in [2.75, 3.05) is 7.11 Å². The largest absolute Gasteiger partial charge is 0.496 e. The summed E-state index contributed by atoms with van der Waals surface area (Å²) in [5, 5.41) is 10.2. The van der Waals surface area contributed by atoms with E-state index in [1.54, 1.807) is 26.3 Å². The fourth-order valence-corrected chi connectivity index (χ4v) is 2.41. The second-order valence-corrected chi connectivity index (χ2v) is 5.07. The van der Waals surface area contributed by atoms with Gasteiger partial charge in [0.1, 0.15) is 17.7 Å². The summed E-state index contributed by atoms with van der Waals surface area (Å²) in [4.78, 5) is 8.25. The highest BCUT2D eigenvalue weighted by molar-refractivity contribution is 9.10. The molecular formula is C14H15BrN2O2. The highest BCUT2D eigenvalue weighted by Gasteiger charge is 2.11. The fourth-order valence-electron chi connectivity index (χ4n) is 1.82. The van der Waals surface area contributed by atoms with Crippen LogP contribution in [-0.4, -0.2) is 22.2 Å². The summed E-state index contributed by atoms with van der Waals surface area (Å²) in [5.74, 6) is 1.43. The van der Waals surface area contributed by atoms with Gasteiger partial charge in [0.05, 0.1) is 17.3 Å². The predicted octanol–water partition coefficient (Wildman–Crippen LogP) is 2.83. The third-order valence-electron chi connectivity index (χ3n) is 2.78. The van der Waals surface area contributed by atoms with Gasteiger partial charge in [0.25, 0.3) is 0 Å². The second kappa shape index (κ2) is 6.12. The summed E-state index contributed by atoms with van der Waals surface area (Å²) < 4.78 is 6.05. The van der Waals surface area contributed by atoms with E-state index in [-0.39, 0.29) is 0 Å². The minimum atomic E-state index is -0.637. The summed E-state index contributed by atoms with van der Waals surface area (Å²) in [5.41, 5.74) is 1.65. The Morgan fingerprint density at radius 2 is 2.16 bits per heavy atom. The summed E-state index contributed by atoms with van der Waals surface area (Å²) in [6, 6.07) is 7.48. The number of rotatable bonds is 4. The number of nitrogens with zero attached hydrogens (tertiary/aromatic N) is 2. The first-order chi connectivity index (χ1) is 9.10. The first-order valence-electron chi connectivity index (χ1n) is 5.90. The van der Waals surface area contributed by atoms with Gasteiger partial charge in [0.2, 0.25) is 0 Å². The molecule has 1 heterocycles. The lowest BCUT2D eigenvalue weighted by atomic mass is 10.1. The molecule has 0 aliphatic heterocycles. The molecule has 1 N–H and O–H groups in total. The molecule has 2 aromatic rings. The van der Waals surface area contributed by atoms with Crippen LogP contribution in [0.5, 0.6) is 5.75 Å². The molecule has 1 unspecified atom stereocenters. The maximum atomic E-state index is 10.2. The average molecular weight is 323 g/mol. The first kappa shape index (κ1) is 14.0. The maximum Gasteiger partial charge on any atom is 0.133 e. The van der Waals surface area contributed by atoms with Crippen LogP contribution < -0.4 is 4.74 Å². The van der Waals surface area contributed by atoms with Gasteiger partial charge in [0.15, 0.2) is 0 Å². The van der Waals surface area contributed by atoms with Crippen LogP contribution in [-0.2, 0) is 6.42 Å². The zero-order valence-corrected chi connectivity index (χ0v) is 12.4. The fraction of sp³-hybridized carbons (Fsp3) is 0.286. The van der Waals surface area contributed by atoms with Crippen molar-refractivity contribution in [1.29, 1.82) is 0 Å². The smallest absolute Gasteiger partial charge is 0.133 e. The van der Waals surface area contributed by atoms with Gasteiger partial charge in [0, 0.05) is 12.6 Å². The van der Waals surface area contributed by atoms with Gasteiger partial charge >= 0.3 is 0 Å². The Kier molecular flexibility index (Phi) is 4.50. The molecule has 100 valence electrons. The van der Waals surface area contributed by atoms with Crippen molar-refractivity contribution in [2.45, 2.75) is 19.4 Å². The molecule has 0 saturated heterocycles. The Bertz CT molecular complexity index is 575. The SMILES string of the molecule is COc1ccc(CC(O)c2ccnc(C)n2)cc1Br. The zero-order valence-electron chi connectivity index (χ0n) is 10.8. The molecule has 2 rings (SSSR count). The summed E-state index contributed by atoms with van der Waals surface area (Å²) >= 11 is 3.43. The zero-order chi connectivity index (χ0) is 13.8. The third-order valence-corrected chi connectivity index (χ3v) is 3.40. The Hall–Kier alpha value is -1.46. The molecule has 5 heteroatoms. The molecule has 0 saturated carbocycles. The highest BCUT2D eigenvalue weighted by Crippen LogP contribution is 2.27. The van der Waals surface area contributed by atoms with Gasteiger partial charge in [-0.3, -0.25) is 0 Å². The number of aliphatic hydroxyl groups is 1. The molecule has 0 aliphatic carbocycles. The molecule has 19 heavy (non-hydrogen) atoms. The van der Waals surface area contributed by atoms with Crippen LogP contribution in [0.25, 0.3) is 0 Å². The molecule has 0 aliphatic rings. The third kappa shape index (κ3) is 3.52. The van der Waals surface area contributed by atoms with Gasteiger partial charge < -0.3 is 9.84 Å². The average Bonchev–Trinajstić information content (AvgIpc) is 2.39. The van der Waals surface area contributed by atoms with Crippen LogP contribution in [0.15, 0.2) is 34.9 Å². The summed E-state index contributed by atoms with van der Waals surface area (Å²) in [6.07, 6.45) is 1.52. The van der Waals surface area contributed by atoms with E-state index in [1.807, 2.05) is 18.2 Å². The molecule has 0 amide bonds. The highest BCUT2D eigenvalue weighted by atomic mass is 79.9. The van der Waals surface area contributed by atoms with Crippen LogP contribution >= 0.6 is 15.9 Å². The Balaban J connectivity index is 2.14. The van der Waals surface area contributed by atoms with E-state index in [2.05, 4.69) is 25.9 Å². The summed E-state index contributed by atoms with van der Waals surface area (Å²) in [6.45, 7) is 1.81. The molecule has 4 nitrogen and oxygen atoms in total. The standard InChI is InChI=1S/C14H15BrN2O2/c1-9-16-6-5-12(17-9)13(18)8-10-3-4-14(19-2)11(15)7-10/h3-7,13,18H,8H2,1-2H3. The van der Waals surface area contributed by atoms with E-state index in [9.17, 15) is 5.11 Å². The minimum Gasteiger partial charge on any atom is -0.496 e. The lowest BCUT2D eigenvalue weighted by molar-refractivity contribution is 0.173. The van der Waals surface area contributed by atoms with Crippen molar-refractivity contribution in [1.82, 2.24) is 9.97 Å². The predicted molar refractivity (Wildman–Crippen MR) is 76.1 cm³/mol. The van der Waals surface area contributed by atoms with Crippen LogP contribution in [0.4, 0.5) is 0 Å². The van der Waals surface area contributed by atoms with E-state index < -0.39 is 6.10 Å². The first-order valence-corrected chi connectivity index (χ1v) is 6.69. The van der Waals surface area contributed by atoms with E-state index >= 15 is 0 Å². The Morgan fingerprint density at radius 1 is 1.37 bits per heavy atom. The van der Waals surface area contributed by atoms with Crippen molar-refractivity contribution in [3.63, 3.8) is 0 Å². The Morgan fingerprint density at radius 3 is 2.79 bits per heavy atom. The van der Waals surface area contributed by atoms with Gasteiger partial charge in [-0.25, -0.2) is 9.97 Å². The van der Waals surface area contributed by atoms with Gasteiger partial charge in [-0.2, -0.15) is 0 Å². The van der Waals surface area contributed by atoms with Gasteiger partial charge in [-0.1, -0.05) is 6.07 Å². The number of methoxy groups -OCH3 is 1. The van der Waals surface area contributed by atoms with Crippen LogP contribution in [0, 0.1) is 6.92 Å². The molecule has 0 fully saturated rings. The number of halogens is 1. The van der Waals surface area contributed by atoms with Crippen LogP contribution in [0.2, 0.25) is 0 Å². The minimum absolute atomic E-state index is 0.499. The Labute approximate surface area is 120 Å². The molecule has 1 atom stereocenters. The van der Waals surface area contributed by atoms with E-state index in [0.29, 0.717) is 17.9 Å².